The van der Waals surface area contributed by atoms with Crippen LogP contribution in [0, 0.1) is 0 Å². The SMILES string of the molecule is CCCn1c([C@@H]2CCN(S(=O)(=O)c3cnn(CC)c3)C2)nc2cccnc21. The van der Waals surface area contributed by atoms with Crippen LogP contribution in [0.3, 0.4) is 0 Å². The summed E-state index contributed by atoms with van der Waals surface area (Å²) < 4.78 is 31.2. The lowest BCUT2D eigenvalue weighted by atomic mass is 10.1. The molecule has 0 unspecified atom stereocenters. The van der Waals surface area contributed by atoms with E-state index in [1.165, 1.54) is 6.20 Å². The first-order chi connectivity index (χ1) is 13.0. The molecule has 0 aromatic carbocycles. The van der Waals surface area contributed by atoms with Gasteiger partial charge in [-0.2, -0.15) is 9.40 Å². The summed E-state index contributed by atoms with van der Waals surface area (Å²) in [6, 6.07) is 3.84. The Hall–Kier alpha value is -2.26. The minimum Gasteiger partial charge on any atom is -0.312 e. The molecule has 1 atom stereocenters. The fraction of sp³-hybridized carbons (Fsp3) is 0.500. The minimum absolute atomic E-state index is 0.0711. The van der Waals surface area contributed by atoms with Gasteiger partial charge in [0.1, 0.15) is 16.2 Å². The van der Waals surface area contributed by atoms with E-state index >= 15 is 0 Å². The molecule has 0 amide bonds. The van der Waals surface area contributed by atoms with Crippen molar-refractivity contribution in [3.05, 3.63) is 36.5 Å². The number of aryl methyl sites for hydroxylation is 2. The van der Waals surface area contributed by atoms with Gasteiger partial charge >= 0.3 is 0 Å². The van der Waals surface area contributed by atoms with Crippen molar-refractivity contribution in [2.24, 2.45) is 0 Å². The second-order valence-corrected chi connectivity index (χ2v) is 8.79. The molecule has 0 radical (unpaired) electrons. The van der Waals surface area contributed by atoms with Gasteiger partial charge in [0.05, 0.1) is 6.20 Å². The highest BCUT2D eigenvalue weighted by Crippen LogP contribution is 2.32. The van der Waals surface area contributed by atoms with E-state index in [1.54, 1.807) is 21.4 Å². The number of hydrogen-bond donors (Lipinski definition) is 0. The van der Waals surface area contributed by atoms with Crippen molar-refractivity contribution in [2.75, 3.05) is 13.1 Å². The molecule has 1 aliphatic rings. The molecule has 3 aromatic heterocycles. The Balaban J connectivity index is 1.63. The Morgan fingerprint density at radius 2 is 2.15 bits per heavy atom. The van der Waals surface area contributed by atoms with Gasteiger partial charge < -0.3 is 4.57 Å². The van der Waals surface area contributed by atoms with Gasteiger partial charge in [-0.1, -0.05) is 6.92 Å². The van der Waals surface area contributed by atoms with Crippen LogP contribution in [0.4, 0.5) is 0 Å². The molecule has 0 aliphatic carbocycles. The van der Waals surface area contributed by atoms with Crippen LogP contribution in [0.1, 0.15) is 38.4 Å². The van der Waals surface area contributed by atoms with Gasteiger partial charge in [0, 0.05) is 44.5 Å². The zero-order valence-corrected chi connectivity index (χ0v) is 16.4. The topological polar surface area (TPSA) is 85.9 Å². The Bertz CT molecular complexity index is 1050. The predicted octanol–water partition coefficient (Wildman–Crippen LogP) is 2.24. The first-order valence-corrected chi connectivity index (χ1v) is 10.8. The zero-order chi connectivity index (χ0) is 19.0. The lowest BCUT2D eigenvalue weighted by molar-refractivity contribution is 0.468. The van der Waals surface area contributed by atoms with Gasteiger partial charge in [-0.25, -0.2) is 18.4 Å². The summed E-state index contributed by atoms with van der Waals surface area (Å²) in [4.78, 5) is 9.52. The van der Waals surface area contributed by atoms with Gasteiger partial charge in [-0.3, -0.25) is 4.68 Å². The lowest BCUT2D eigenvalue weighted by Gasteiger charge is -2.16. The number of fused-ring (bicyclic) bond motifs is 1. The van der Waals surface area contributed by atoms with Crippen molar-refractivity contribution >= 4 is 21.2 Å². The third-order valence-corrected chi connectivity index (χ3v) is 6.89. The monoisotopic (exact) mass is 388 g/mol. The molecule has 0 saturated carbocycles. The molecule has 9 heteroatoms. The second-order valence-electron chi connectivity index (χ2n) is 6.85. The van der Waals surface area contributed by atoms with Crippen LogP contribution in [0.15, 0.2) is 35.6 Å². The molecular formula is C18H24N6O2S. The highest BCUT2D eigenvalue weighted by molar-refractivity contribution is 7.89. The maximum Gasteiger partial charge on any atom is 0.246 e. The molecule has 3 aromatic rings. The highest BCUT2D eigenvalue weighted by Gasteiger charge is 2.36. The van der Waals surface area contributed by atoms with Crippen molar-refractivity contribution in [2.45, 2.75) is 50.6 Å². The second kappa shape index (κ2) is 7.05. The smallest absolute Gasteiger partial charge is 0.246 e. The van der Waals surface area contributed by atoms with Gasteiger partial charge in [0.25, 0.3) is 0 Å². The first kappa shape index (κ1) is 18.1. The minimum atomic E-state index is -3.53. The van der Waals surface area contributed by atoms with Crippen LogP contribution in [-0.2, 0) is 23.1 Å². The normalized spacial score (nSPS) is 18.5. The summed E-state index contributed by atoms with van der Waals surface area (Å²) in [5.74, 6) is 1.01. The van der Waals surface area contributed by atoms with E-state index in [0.717, 1.165) is 36.4 Å². The fourth-order valence-corrected chi connectivity index (χ4v) is 5.14. The standard InChI is InChI=1S/C18H24N6O2S/c1-3-9-24-17(21-16-6-5-8-19-18(16)24)14-7-10-23(12-14)27(25,26)15-11-20-22(4-2)13-15/h5-6,8,11,13-14H,3-4,7,9-10,12H2,1-2H3/t14-/m1/s1. The number of nitrogens with zero attached hydrogens (tertiary/aromatic N) is 6. The molecule has 8 nitrogen and oxygen atoms in total. The van der Waals surface area contributed by atoms with Crippen LogP contribution < -0.4 is 0 Å². The fourth-order valence-electron chi connectivity index (χ4n) is 3.69. The Labute approximate surface area is 158 Å². The van der Waals surface area contributed by atoms with E-state index in [9.17, 15) is 8.42 Å². The third-order valence-electron chi connectivity index (χ3n) is 5.07. The van der Waals surface area contributed by atoms with Crippen molar-refractivity contribution in [3.63, 3.8) is 0 Å². The van der Waals surface area contributed by atoms with Crippen molar-refractivity contribution in [3.8, 4) is 0 Å². The zero-order valence-electron chi connectivity index (χ0n) is 15.6. The quantitative estimate of drug-likeness (QED) is 0.646. The average molecular weight is 388 g/mol. The largest absolute Gasteiger partial charge is 0.312 e. The molecular weight excluding hydrogens is 364 g/mol. The predicted molar refractivity (Wildman–Crippen MR) is 102 cm³/mol. The Morgan fingerprint density at radius 3 is 2.89 bits per heavy atom. The highest BCUT2D eigenvalue weighted by atomic mass is 32.2. The van der Waals surface area contributed by atoms with Crippen molar-refractivity contribution < 1.29 is 8.42 Å². The molecule has 4 heterocycles. The summed E-state index contributed by atoms with van der Waals surface area (Å²) in [7, 11) is -3.53. The number of rotatable bonds is 6. The Morgan fingerprint density at radius 1 is 1.30 bits per heavy atom. The summed E-state index contributed by atoms with van der Waals surface area (Å²) in [6.45, 7) is 6.46. The lowest BCUT2D eigenvalue weighted by Crippen LogP contribution is -2.28. The molecule has 1 saturated heterocycles. The van der Waals surface area contributed by atoms with Crippen molar-refractivity contribution in [1.82, 2.24) is 28.6 Å². The number of imidazole rings is 1. The molecule has 1 aliphatic heterocycles. The number of sulfonamides is 1. The van der Waals surface area contributed by atoms with E-state index in [0.29, 0.717) is 19.6 Å². The molecule has 0 spiro atoms. The van der Waals surface area contributed by atoms with E-state index in [4.69, 9.17) is 4.98 Å². The van der Waals surface area contributed by atoms with Gasteiger partial charge in [-0.05, 0) is 31.9 Å². The van der Waals surface area contributed by atoms with Crippen LogP contribution >= 0.6 is 0 Å². The average Bonchev–Trinajstić information content (AvgIpc) is 3.40. The summed E-state index contributed by atoms with van der Waals surface area (Å²) in [5, 5.41) is 4.10. The maximum absolute atomic E-state index is 13.0. The van der Waals surface area contributed by atoms with E-state index < -0.39 is 10.0 Å². The van der Waals surface area contributed by atoms with Gasteiger partial charge in [0.15, 0.2) is 5.65 Å². The number of aromatic nitrogens is 5. The number of hydrogen-bond acceptors (Lipinski definition) is 5. The van der Waals surface area contributed by atoms with E-state index in [2.05, 4.69) is 21.6 Å². The summed E-state index contributed by atoms with van der Waals surface area (Å²) in [6.07, 6.45) is 6.53. The number of pyridine rings is 1. The van der Waals surface area contributed by atoms with Crippen LogP contribution in [-0.4, -0.2) is 50.1 Å². The molecule has 144 valence electrons. The molecule has 4 rings (SSSR count). The van der Waals surface area contributed by atoms with Crippen molar-refractivity contribution in [1.29, 1.82) is 0 Å². The van der Waals surface area contributed by atoms with E-state index in [1.807, 2.05) is 19.1 Å². The summed E-state index contributed by atoms with van der Waals surface area (Å²) in [5.41, 5.74) is 1.74. The Kier molecular flexibility index (Phi) is 4.73. The third kappa shape index (κ3) is 3.14. The molecule has 1 fully saturated rings. The van der Waals surface area contributed by atoms with Crippen LogP contribution in [0.2, 0.25) is 0 Å². The summed E-state index contributed by atoms with van der Waals surface area (Å²) >= 11 is 0. The first-order valence-electron chi connectivity index (χ1n) is 9.38. The molecule has 0 bridgehead atoms. The molecule has 0 N–H and O–H groups in total. The van der Waals surface area contributed by atoms with Gasteiger partial charge in [0.2, 0.25) is 10.0 Å². The van der Waals surface area contributed by atoms with Gasteiger partial charge in [-0.15, -0.1) is 0 Å². The van der Waals surface area contributed by atoms with E-state index in [-0.39, 0.29) is 10.8 Å². The maximum atomic E-state index is 13.0. The van der Waals surface area contributed by atoms with Crippen LogP contribution in [0.5, 0.6) is 0 Å². The van der Waals surface area contributed by atoms with Crippen LogP contribution in [0.25, 0.3) is 11.2 Å². The molecule has 27 heavy (non-hydrogen) atoms.